The SMILES string of the molecule is C[C@H](OC(=O)/C=C/c1nc2ccccc2s1)C(=O)Nc1sccc1C(N)=O. The van der Waals surface area contributed by atoms with Gasteiger partial charge in [0.25, 0.3) is 11.8 Å². The van der Waals surface area contributed by atoms with E-state index < -0.39 is 23.9 Å². The summed E-state index contributed by atoms with van der Waals surface area (Å²) in [6.07, 6.45) is 1.73. The van der Waals surface area contributed by atoms with Crippen LogP contribution < -0.4 is 11.1 Å². The second kappa shape index (κ2) is 8.11. The maximum absolute atomic E-state index is 12.1. The molecule has 0 saturated carbocycles. The molecule has 3 aromatic rings. The first kappa shape index (κ1) is 18.7. The Morgan fingerprint density at radius 1 is 1.26 bits per heavy atom. The largest absolute Gasteiger partial charge is 0.449 e. The monoisotopic (exact) mass is 401 g/mol. The Morgan fingerprint density at radius 2 is 2.04 bits per heavy atom. The van der Waals surface area contributed by atoms with Gasteiger partial charge in [-0.25, -0.2) is 9.78 Å². The van der Waals surface area contributed by atoms with Crippen molar-refractivity contribution in [2.45, 2.75) is 13.0 Å². The number of nitrogens with two attached hydrogens (primary N) is 1. The Morgan fingerprint density at radius 3 is 2.78 bits per heavy atom. The number of hydrogen-bond acceptors (Lipinski definition) is 7. The molecule has 2 aromatic heterocycles. The number of carbonyl (C=O) groups is 3. The van der Waals surface area contributed by atoms with Gasteiger partial charge in [0.05, 0.1) is 15.8 Å². The van der Waals surface area contributed by atoms with E-state index >= 15 is 0 Å². The van der Waals surface area contributed by atoms with Crippen molar-refractivity contribution < 1.29 is 19.1 Å². The van der Waals surface area contributed by atoms with Crippen molar-refractivity contribution in [2.24, 2.45) is 5.73 Å². The Labute approximate surface area is 162 Å². The molecule has 27 heavy (non-hydrogen) atoms. The number of esters is 1. The number of aromatic nitrogens is 1. The highest BCUT2D eigenvalue weighted by molar-refractivity contribution is 7.19. The zero-order valence-corrected chi connectivity index (χ0v) is 15.8. The molecule has 1 aromatic carbocycles. The standard InChI is InChI=1S/C18H15N3O4S2/c1-10(17(24)21-18-11(16(19)23)8-9-26-18)25-15(22)7-6-14-20-12-4-2-3-5-13(12)27-14/h2-10H,1H3,(H2,19,23)(H,21,24)/b7-6+/t10-/m0/s1. The van der Waals surface area contributed by atoms with Gasteiger partial charge in [-0.3, -0.25) is 9.59 Å². The summed E-state index contributed by atoms with van der Waals surface area (Å²) >= 11 is 2.60. The molecule has 2 heterocycles. The van der Waals surface area contributed by atoms with Gasteiger partial charge in [-0.05, 0) is 36.6 Å². The molecule has 0 saturated heterocycles. The van der Waals surface area contributed by atoms with Crippen LogP contribution in [0.3, 0.4) is 0 Å². The van der Waals surface area contributed by atoms with Crippen LogP contribution in [0.15, 0.2) is 41.8 Å². The molecule has 138 valence electrons. The second-order valence-electron chi connectivity index (χ2n) is 5.45. The number of primary amides is 1. The Hall–Kier alpha value is -3.04. The second-order valence-corrected chi connectivity index (χ2v) is 7.43. The minimum atomic E-state index is -1.04. The van der Waals surface area contributed by atoms with Crippen molar-refractivity contribution in [1.82, 2.24) is 4.98 Å². The van der Waals surface area contributed by atoms with E-state index in [0.717, 1.165) is 21.6 Å². The summed E-state index contributed by atoms with van der Waals surface area (Å²) in [6, 6.07) is 9.15. The molecule has 3 N–H and O–H groups in total. The van der Waals surface area contributed by atoms with Gasteiger partial charge < -0.3 is 15.8 Å². The fourth-order valence-electron chi connectivity index (χ4n) is 2.18. The predicted octanol–water partition coefficient (Wildman–Crippen LogP) is 3.04. The van der Waals surface area contributed by atoms with Gasteiger partial charge in [0, 0.05) is 6.08 Å². The maximum atomic E-state index is 12.1. The number of benzene rings is 1. The number of hydrogen-bond donors (Lipinski definition) is 2. The van der Waals surface area contributed by atoms with Crippen LogP contribution in [0.25, 0.3) is 16.3 Å². The molecule has 0 spiro atoms. The van der Waals surface area contributed by atoms with E-state index in [2.05, 4.69) is 10.3 Å². The lowest BCUT2D eigenvalue weighted by Gasteiger charge is -2.11. The summed E-state index contributed by atoms with van der Waals surface area (Å²) in [5.74, 6) is -1.87. The van der Waals surface area contributed by atoms with Gasteiger partial charge in [0.2, 0.25) is 0 Å². The number of carbonyl (C=O) groups excluding carboxylic acids is 3. The summed E-state index contributed by atoms with van der Waals surface area (Å²) in [7, 11) is 0. The van der Waals surface area contributed by atoms with Crippen LogP contribution in [-0.2, 0) is 14.3 Å². The predicted molar refractivity (Wildman–Crippen MR) is 106 cm³/mol. The van der Waals surface area contributed by atoms with Crippen molar-refractivity contribution in [2.75, 3.05) is 5.32 Å². The summed E-state index contributed by atoms with van der Waals surface area (Å²) < 4.78 is 6.10. The third-order valence-electron chi connectivity index (χ3n) is 3.50. The molecule has 0 aliphatic carbocycles. The van der Waals surface area contributed by atoms with E-state index in [-0.39, 0.29) is 5.56 Å². The number of nitrogens with zero attached hydrogens (tertiary/aromatic N) is 1. The van der Waals surface area contributed by atoms with Crippen LogP contribution in [0, 0.1) is 0 Å². The molecule has 9 heteroatoms. The van der Waals surface area contributed by atoms with Gasteiger partial charge in [0.1, 0.15) is 10.0 Å². The zero-order chi connectivity index (χ0) is 19.4. The first-order valence-electron chi connectivity index (χ1n) is 7.86. The van der Waals surface area contributed by atoms with Crippen molar-refractivity contribution in [3.8, 4) is 0 Å². The molecule has 3 rings (SSSR count). The summed E-state index contributed by atoms with van der Waals surface area (Å²) in [5, 5.41) is 5.15. The number of anilines is 1. The first-order chi connectivity index (χ1) is 12.9. The molecule has 0 radical (unpaired) electrons. The fraction of sp³-hybridized carbons (Fsp3) is 0.111. The molecule has 7 nitrogen and oxygen atoms in total. The quantitative estimate of drug-likeness (QED) is 0.487. The lowest BCUT2D eigenvalue weighted by molar-refractivity contribution is -0.148. The molecule has 0 unspecified atom stereocenters. The van der Waals surface area contributed by atoms with Crippen LogP contribution >= 0.6 is 22.7 Å². The lowest BCUT2D eigenvalue weighted by atomic mass is 10.3. The molecule has 0 aliphatic heterocycles. The molecule has 0 bridgehead atoms. The minimum absolute atomic E-state index is 0.211. The smallest absolute Gasteiger partial charge is 0.331 e. The van der Waals surface area contributed by atoms with Crippen molar-refractivity contribution in [3.05, 3.63) is 52.4 Å². The van der Waals surface area contributed by atoms with Gasteiger partial charge in [-0.2, -0.15) is 0 Å². The lowest BCUT2D eigenvalue weighted by Crippen LogP contribution is -2.29. The highest BCUT2D eigenvalue weighted by atomic mass is 32.1. The van der Waals surface area contributed by atoms with E-state index in [4.69, 9.17) is 10.5 Å². The minimum Gasteiger partial charge on any atom is -0.449 e. The Balaban J connectivity index is 1.58. The third-order valence-corrected chi connectivity index (χ3v) is 5.33. The summed E-state index contributed by atoms with van der Waals surface area (Å²) in [5.41, 5.74) is 6.29. The van der Waals surface area contributed by atoms with E-state index in [9.17, 15) is 14.4 Å². The van der Waals surface area contributed by atoms with Crippen LogP contribution in [-0.4, -0.2) is 28.9 Å². The molecule has 0 fully saturated rings. The van der Waals surface area contributed by atoms with Gasteiger partial charge in [-0.1, -0.05) is 12.1 Å². The highest BCUT2D eigenvalue weighted by Gasteiger charge is 2.19. The van der Waals surface area contributed by atoms with Gasteiger partial charge >= 0.3 is 5.97 Å². The summed E-state index contributed by atoms with van der Waals surface area (Å²) in [4.78, 5) is 39.7. The first-order valence-corrected chi connectivity index (χ1v) is 9.56. The number of thiazole rings is 1. The van der Waals surface area contributed by atoms with E-state index in [0.29, 0.717) is 10.0 Å². The van der Waals surface area contributed by atoms with Crippen molar-refractivity contribution in [1.29, 1.82) is 0 Å². The number of ether oxygens (including phenoxy) is 1. The fourth-order valence-corrected chi connectivity index (χ4v) is 3.85. The van der Waals surface area contributed by atoms with Gasteiger partial charge in [-0.15, -0.1) is 22.7 Å². The molecular weight excluding hydrogens is 386 g/mol. The van der Waals surface area contributed by atoms with Crippen LogP contribution in [0.5, 0.6) is 0 Å². The van der Waals surface area contributed by atoms with E-state index in [1.54, 1.807) is 11.5 Å². The van der Waals surface area contributed by atoms with E-state index in [1.165, 1.54) is 30.4 Å². The van der Waals surface area contributed by atoms with Crippen molar-refractivity contribution in [3.63, 3.8) is 0 Å². The average Bonchev–Trinajstić information content (AvgIpc) is 3.26. The molecule has 2 amide bonds. The number of thiophene rings is 1. The zero-order valence-electron chi connectivity index (χ0n) is 14.2. The highest BCUT2D eigenvalue weighted by Crippen LogP contribution is 2.23. The Kier molecular flexibility index (Phi) is 5.63. The van der Waals surface area contributed by atoms with E-state index in [1.807, 2.05) is 24.3 Å². The Bertz CT molecular complexity index is 1010. The number of nitrogens with one attached hydrogen (secondary N) is 1. The average molecular weight is 401 g/mol. The van der Waals surface area contributed by atoms with Crippen LogP contribution in [0.1, 0.15) is 22.3 Å². The number of para-hydroxylation sites is 1. The molecule has 1 atom stereocenters. The number of fused-ring (bicyclic) bond motifs is 1. The van der Waals surface area contributed by atoms with Crippen molar-refractivity contribution >= 4 is 61.8 Å². The van der Waals surface area contributed by atoms with Crippen LogP contribution in [0.2, 0.25) is 0 Å². The van der Waals surface area contributed by atoms with Gasteiger partial charge in [0.15, 0.2) is 6.10 Å². The molecule has 0 aliphatic rings. The summed E-state index contributed by atoms with van der Waals surface area (Å²) in [6.45, 7) is 1.44. The normalized spacial score (nSPS) is 12.2. The number of rotatable bonds is 6. The topological polar surface area (TPSA) is 111 Å². The molecular formula is C18H15N3O4S2. The number of amides is 2. The third kappa shape index (κ3) is 4.57. The van der Waals surface area contributed by atoms with Crippen LogP contribution in [0.4, 0.5) is 5.00 Å². The maximum Gasteiger partial charge on any atom is 0.331 e.